The maximum atomic E-state index is 12.4. The Morgan fingerprint density at radius 2 is 1.86 bits per heavy atom. The molecule has 0 saturated carbocycles. The highest BCUT2D eigenvalue weighted by Gasteiger charge is 2.18. The van der Waals surface area contributed by atoms with Gasteiger partial charge in [-0.1, -0.05) is 6.07 Å². The zero-order chi connectivity index (χ0) is 16.3. The van der Waals surface area contributed by atoms with Crippen LogP contribution in [0, 0.1) is 20.8 Å². The van der Waals surface area contributed by atoms with Crippen LogP contribution in [-0.2, 0) is 4.74 Å². The number of hydrogen-bond donors (Lipinski definition) is 1. The second kappa shape index (κ2) is 6.75. The van der Waals surface area contributed by atoms with Crippen LogP contribution in [0.2, 0.25) is 0 Å². The number of carbonyl (C=O) groups is 2. The molecule has 5 heteroatoms. The van der Waals surface area contributed by atoms with Gasteiger partial charge in [0.15, 0.2) is 0 Å². The Morgan fingerprint density at radius 1 is 1.14 bits per heavy atom. The molecule has 0 unspecified atom stereocenters. The molecule has 0 aliphatic heterocycles. The van der Waals surface area contributed by atoms with Gasteiger partial charge in [0, 0.05) is 10.4 Å². The highest BCUT2D eigenvalue weighted by molar-refractivity contribution is 7.16. The predicted octanol–water partition coefficient (Wildman–Crippen LogP) is 4.10. The molecular weight excluding hydrogens is 298 g/mol. The molecule has 0 radical (unpaired) electrons. The van der Waals surface area contributed by atoms with Gasteiger partial charge in [-0.2, -0.15) is 0 Å². The summed E-state index contributed by atoms with van der Waals surface area (Å²) in [6.07, 6.45) is 0. The molecule has 22 heavy (non-hydrogen) atoms. The third-order valence-electron chi connectivity index (χ3n) is 3.35. The molecule has 2 rings (SSSR count). The molecular formula is C17H19NO3S. The van der Waals surface area contributed by atoms with E-state index in [4.69, 9.17) is 4.74 Å². The van der Waals surface area contributed by atoms with E-state index in [2.05, 4.69) is 5.32 Å². The van der Waals surface area contributed by atoms with E-state index in [9.17, 15) is 9.59 Å². The molecule has 1 heterocycles. The smallest absolute Gasteiger partial charge is 0.341 e. The minimum absolute atomic E-state index is 0.226. The molecule has 2 aromatic rings. The lowest BCUT2D eigenvalue weighted by atomic mass is 10.1. The lowest BCUT2D eigenvalue weighted by Gasteiger charge is -2.07. The summed E-state index contributed by atoms with van der Waals surface area (Å²) in [7, 11) is 0. The van der Waals surface area contributed by atoms with Crippen LogP contribution in [0.3, 0.4) is 0 Å². The summed E-state index contributed by atoms with van der Waals surface area (Å²) in [5.74, 6) is -0.641. The molecule has 1 N–H and O–H groups in total. The Morgan fingerprint density at radius 3 is 2.50 bits per heavy atom. The number of rotatable bonds is 4. The Hall–Kier alpha value is -2.14. The van der Waals surface area contributed by atoms with Crippen molar-refractivity contribution in [2.24, 2.45) is 0 Å². The summed E-state index contributed by atoms with van der Waals surface area (Å²) in [5, 5.41) is 3.34. The van der Waals surface area contributed by atoms with Crippen LogP contribution in [0.4, 0.5) is 5.00 Å². The fraction of sp³-hybridized carbons (Fsp3) is 0.294. The Labute approximate surface area is 134 Å². The molecule has 0 aliphatic carbocycles. The van der Waals surface area contributed by atoms with Crippen LogP contribution >= 0.6 is 11.3 Å². The Bertz CT molecular complexity index is 719. The molecule has 0 saturated heterocycles. The molecule has 1 amide bonds. The number of aryl methyl sites for hydroxylation is 3. The van der Waals surface area contributed by atoms with Crippen LogP contribution in [0.25, 0.3) is 0 Å². The van der Waals surface area contributed by atoms with Crippen molar-refractivity contribution in [2.45, 2.75) is 27.7 Å². The number of ether oxygens (including phenoxy) is 1. The second-order valence-electron chi connectivity index (χ2n) is 5.07. The number of nitrogens with one attached hydrogen (secondary N) is 1. The normalized spacial score (nSPS) is 10.4. The minimum atomic E-state index is -0.415. The van der Waals surface area contributed by atoms with Crippen LogP contribution in [0.5, 0.6) is 0 Å². The van der Waals surface area contributed by atoms with Crippen molar-refractivity contribution in [3.8, 4) is 0 Å². The number of anilines is 1. The molecule has 0 fully saturated rings. The minimum Gasteiger partial charge on any atom is -0.462 e. The summed E-state index contributed by atoms with van der Waals surface area (Å²) in [6.45, 7) is 7.91. The van der Waals surface area contributed by atoms with Gasteiger partial charge in [-0.15, -0.1) is 11.3 Å². The lowest BCUT2D eigenvalue weighted by Crippen LogP contribution is -2.14. The Balaban J connectivity index is 2.24. The van der Waals surface area contributed by atoms with Crippen molar-refractivity contribution >= 4 is 28.2 Å². The first kappa shape index (κ1) is 16.2. The zero-order valence-corrected chi connectivity index (χ0v) is 14.0. The molecule has 1 aromatic heterocycles. The van der Waals surface area contributed by atoms with Crippen molar-refractivity contribution in [1.29, 1.82) is 0 Å². The molecule has 0 aliphatic rings. The topological polar surface area (TPSA) is 55.4 Å². The van der Waals surface area contributed by atoms with E-state index in [1.807, 2.05) is 32.9 Å². The van der Waals surface area contributed by atoms with E-state index >= 15 is 0 Å². The summed E-state index contributed by atoms with van der Waals surface area (Å²) in [4.78, 5) is 25.2. The summed E-state index contributed by atoms with van der Waals surface area (Å²) in [6, 6.07) is 7.27. The average Bonchev–Trinajstić information content (AvgIpc) is 2.83. The lowest BCUT2D eigenvalue weighted by molar-refractivity contribution is 0.0528. The van der Waals surface area contributed by atoms with Gasteiger partial charge in [0.25, 0.3) is 5.91 Å². The van der Waals surface area contributed by atoms with Gasteiger partial charge in [-0.25, -0.2) is 4.79 Å². The zero-order valence-electron chi connectivity index (χ0n) is 13.1. The molecule has 0 bridgehead atoms. The third-order valence-corrected chi connectivity index (χ3v) is 4.31. The fourth-order valence-corrected chi connectivity index (χ4v) is 2.92. The van der Waals surface area contributed by atoms with Gasteiger partial charge in [-0.05, 0) is 57.0 Å². The highest BCUT2D eigenvalue weighted by atomic mass is 32.1. The number of esters is 1. The van der Waals surface area contributed by atoms with Gasteiger partial charge >= 0.3 is 5.97 Å². The average molecular weight is 317 g/mol. The van der Waals surface area contributed by atoms with Crippen molar-refractivity contribution in [3.05, 3.63) is 51.4 Å². The summed E-state index contributed by atoms with van der Waals surface area (Å²) < 4.78 is 5.02. The van der Waals surface area contributed by atoms with Crippen LogP contribution in [0.1, 0.15) is 43.6 Å². The first-order chi connectivity index (χ1) is 10.4. The molecule has 0 spiro atoms. The first-order valence-corrected chi connectivity index (χ1v) is 7.90. The Kier molecular flexibility index (Phi) is 4.98. The first-order valence-electron chi connectivity index (χ1n) is 7.08. The largest absolute Gasteiger partial charge is 0.462 e. The van der Waals surface area contributed by atoms with Crippen LogP contribution in [-0.4, -0.2) is 18.5 Å². The number of thiophene rings is 1. The molecule has 1 aromatic carbocycles. The second-order valence-corrected chi connectivity index (χ2v) is 6.33. The van der Waals surface area contributed by atoms with Crippen molar-refractivity contribution in [1.82, 2.24) is 0 Å². The van der Waals surface area contributed by atoms with E-state index < -0.39 is 5.97 Å². The number of carbonyl (C=O) groups excluding carboxylic acids is 2. The van der Waals surface area contributed by atoms with Gasteiger partial charge in [0.05, 0.1) is 12.2 Å². The van der Waals surface area contributed by atoms with Crippen LogP contribution in [0.15, 0.2) is 24.3 Å². The molecule has 4 nitrogen and oxygen atoms in total. The van der Waals surface area contributed by atoms with Crippen molar-refractivity contribution < 1.29 is 14.3 Å². The van der Waals surface area contributed by atoms with Crippen molar-refractivity contribution in [3.63, 3.8) is 0 Å². The van der Waals surface area contributed by atoms with Gasteiger partial charge < -0.3 is 10.1 Å². The van der Waals surface area contributed by atoms with E-state index in [1.54, 1.807) is 19.1 Å². The highest BCUT2D eigenvalue weighted by Crippen LogP contribution is 2.29. The van der Waals surface area contributed by atoms with E-state index in [-0.39, 0.29) is 5.91 Å². The van der Waals surface area contributed by atoms with E-state index in [0.717, 1.165) is 16.0 Å². The standard InChI is InChI=1S/C17H19NO3S/c1-5-21-17(20)14-9-12(4)22-16(14)18-15(19)13-7-6-10(2)11(3)8-13/h6-9H,5H2,1-4H3,(H,18,19). The van der Waals surface area contributed by atoms with Gasteiger partial charge in [-0.3, -0.25) is 4.79 Å². The van der Waals surface area contributed by atoms with Gasteiger partial charge in [0.1, 0.15) is 5.00 Å². The maximum absolute atomic E-state index is 12.4. The number of hydrogen-bond acceptors (Lipinski definition) is 4. The third kappa shape index (κ3) is 3.54. The SMILES string of the molecule is CCOC(=O)c1cc(C)sc1NC(=O)c1ccc(C)c(C)c1. The number of amides is 1. The molecule has 116 valence electrons. The van der Waals surface area contributed by atoms with E-state index in [1.165, 1.54) is 11.3 Å². The monoisotopic (exact) mass is 317 g/mol. The number of benzene rings is 1. The summed E-state index contributed by atoms with van der Waals surface area (Å²) in [5.41, 5.74) is 3.17. The predicted molar refractivity (Wildman–Crippen MR) is 88.9 cm³/mol. The van der Waals surface area contributed by atoms with E-state index in [0.29, 0.717) is 22.7 Å². The fourth-order valence-electron chi connectivity index (χ4n) is 2.03. The summed E-state index contributed by atoms with van der Waals surface area (Å²) >= 11 is 1.37. The molecule has 0 atom stereocenters. The maximum Gasteiger partial charge on any atom is 0.341 e. The quantitative estimate of drug-likeness (QED) is 0.864. The van der Waals surface area contributed by atoms with Crippen LogP contribution < -0.4 is 5.32 Å². The van der Waals surface area contributed by atoms with Crippen molar-refractivity contribution in [2.75, 3.05) is 11.9 Å². The van der Waals surface area contributed by atoms with Gasteiger partial charge in [0.2, 0.25) is 0 Å².